The zero-order chi connectivity index (χ0) is 12.5. The third-order valence-electron chi connectivity index (χ3n) is 2.45. The molecule has 98 valence electrons. The number of aryl methyl sites for hydroxylation is 1. The van der Waals surface area contributed by atoms with Crippen LogP contribution < -0.4 is 11.0 Å². The zero-order valence-corrected chi connectivity index (χ0v) is 10.7. The van der Waals surface area contributed by atoms with Gasteiger partial charge in [-0.2, -0.15) is 5.10 Å². The van der Waals surface area contributed by atoms with Gasteiger partial charge in [0.05, 0.1) is 13.2 Å². The topological polar surface area (TPSA) is 61.1 Å². The summed E-state index contributed by atoms with van der Waals surface area (Å²) in [5.74, 6) is 0. The summed E-state index contributed by atoms with van der Waals surface area (Å²) in [7, 11) is 1.70. The number of hydrogen-bond acceptors (Lipinski definition) is 4. The van der Waals surface area contributed by atoms with Crippen molar-refractivity contribution in [1.82, 2.24) is 19.7 Å². The Morgan fingerprint density at radius 1 is 1.41 bits per heavy atom. The molecule has 1 rings (SSSR count). The minimum atomic E-state index is -0.0778. The summed E-state index contributed by atoms with van der Waals surface area (Å²) in [5, 5.41) is 7.18. The van der Waals surface area contributed by atoms with E-state index in [9.17, 15) is 4.79 Å². The maximum absolute atomic E-state index is 11.4. The monoisotopic (exact) mass is 242 g/mol. The number of unbranched alkanes of at least 4 members (excludes halogenated alkanes) is 1. The average Bonchev–Trinajstić information content (AvgIpc) is 2.64. The summed E-state index contributed by atoms with van der Waals surface area (Å²) in [6, 6.07) is 0. The number of nitrogens with zero attached hydrogens (tertiary/aromatic N) is 3. The van der Waals surface area contributed by atoms with Crippen molar-refractivity contribution in [3.8, 4) is 0 Å². The summed E-state index contributed by atoms with van der Waals surface area (Å²) in [6.07, 6.45) is 3.80. The fourth-order valence-electron chi connectivity index (χ4n) is 1.38. The summed E-state index contributed by atoms with van der Waals surface area (Å²) in [5.41, 5.74) is -0.0778. The Kier molecular flexibility index (Phi) is 6.57. The lowest BCUT2D eigenvalue weighted by molar-refractivity contribution is 0.133. The number of aromatic nitrogens is 3. The summed E-state index contributed by atoms with van der Waals surface area (Å²) in [4.78, 5) is 11.4. The van der Waals surface area contributed by atoms with E-state index in [-0.39, 0.29) is 5.69 Å². The van der Waals surface area contributed by atoms with Crippen molar-refractivity contribution in [1.29, 1.82) is 0 Å². The Bertz CT molecular complexity index is 359. The van der Waals surface area contributed by atoms with E-state index in [4.69, 9.17) is 4.74 Å². The van der Waals surface area contributed by atoms with Crippen molar-refractivity contribution in [2.75, 3.05) is 26.3 Å². The van der Waals surface area contributed by atoms with Gasteiger partial charge in [-0.1, -0.05) is 13.3 Å². The first kappa shape index (κ1) is 13.9. The molecule has 0 spiro atoms. The van der Waals surface area contributed by atoms with Crippen LogP contribution in [0.15, 0.2) is 11.1 Å². The van der Waals surface area contributed by atoms with Gasteiger partial charge in [-0.15, -0.1) is 0 Å². The minimum Gasteiger partial charge on any atom is -0.380 e. The number of hydrogen-bond donors (Lipinski definition) is 1. The Labute approximate surface area is 102 Å². The molecule has 0 amide bonds. The first-order valence-electron chi connectivity index (χ1n) is 6.12. The molecule has 1 N–H and O–H groups in total. The van der Waals surface area contributed by atoms with Gasteiger partial charge in [0.1, 0.15) is 6.33 Å². The molecule has 17 heavy (non-hydrogen) atoms. The van der Waals surface area contributed by atoms with Crippen molar-refractivity contribution in [2.24, 2.45) is 7.05 Å². The third-order valence-corrected chi connectivity index (χ3v) is 2.45. The van der Waals surface area contributed by atoms with E-state index in [1.165, 1.54) is 15.6 Å². The standard InChI is InChI=1S/C11H22N4O2/c1-3-4-8-17-9-6-12-5-7-15-11(16)14(2)10-13-15/h10,12H,3-9H2,1-2H3. The largest absolute Gasteiger partial charge is 0.380 e. The van der Waals surface area contributed by atoms with E-state index < -0.39 is 0 Å². The van der Waals surface area contributed by atoms with Gasteiger partial charge in [0, 0.05) is 26.7 Å². The molecule has 0 radical (unpaired) electrons. The quantitative estimate of drug-likeness (QED) is 0.619. The van der Waals surface area contributed by atoms with E-state index in [0.717, 1.165) is 39.1 Å². The molecule has 0 aliphatic heterocycles. The molecule has 0 aliphatic carbocycles. The zero-order valence-electron chi connectivity index (χ0n) is 10.7. The van der Waals surface area contributed by atoms with Crippen LogP contribution in [-0.4, -0.2) is 40.7 Å². The molecular formula is C11H22N4O2. The number of nitrogens with one attached hydrogen (secondary N) is 1. The highest BCUT2D eigenvalue weighted by atomic mass is 16.5. The van der Waals surface area contributed by atoms with Crippen LogP contribution in [0.2, 0.25) is 0 Å². The van der Waals surface area contributed by atoms with Crippen LogP contribution in [0.3, 0.4) is 0 Å². The fraction of sp³-hybridized carbons (Fsp3) is 0.818. The highest BCUT2D eigenvalue weighted by molar-refractivity contribution is 4.65. The highest BCUT2D eigenvalue weighted by Crippen LogP contribution is 1.86. The van der Waals surface area contributed by atoms with E-state index in [1.807, 2.05) is 0 Å². The predicted molar refractivity (Wildman–Crippen MR) is 66.1 cm³/mol. The van der Waals surface area contributed by atoms with Gasteiger partial charge in [-0.05, 0) is 6.42 Å². The lowest BCUT2D eigenvalue weighted by atomic mass is 10.4. The Hall–Kier alpha value is -1.14. The van der Waals surface area contributed by atoms with Crippen LogP contribution in [0, 0.1) is 0 Å². The second-order valence-corrected chi connectivity index (χ2v) is 3.96. The minimum absolute atomic E-state index is 0.0778. The Morgan fingerprint density at radius 2 is 2.24 bits per heavy atom. The first-order valence-corrected chi connectivity index (χ1v) is 6.12. The SMILES string of the molecule is CCCCOCCNCCn1ncn(C)c1=O. The van der Waals surface area contributed by atoms with Gasteiger partial charge in [-0.3, -0.25) is 4.57 Å². The van der Waals surface area contributed by atoms with Gasteiger partial charge in [-0.25, -0.2) is 9.48 Å². The maximum Gasteiger partial charge on any atom is 0.345 e. The van der Waals surface area contributed by atoms with Gasteiger partial charge < -0.3 is 10.1 Å². The lowest BCUT2D eigenvalue weighted by Crippen LogP contribution is -2.30. The molecular weight excluding hydrogens is 220 g/mol. The van der Waals surface area contributed by atoms with Crippen LogP contribution in [0.1, 0.15) is 19.8 Å². The molecule has 0 bridgehead atoms. The predicted octanol–water partition coefficient (Wildman–Crippen LogP) is -0.0119. The Balaban J connectivity index is 2.01. The van der Waals surface area contributed by atoms with Crippen molar-refractivity contribution < 1.29 is 4.74 Å². The van der Waals surface area contributed by atoms with Crippen molar-refractivity contribution >= 4 is 0 Å². The molecule has 0 fully saturated rings. The van der Waals surface area contributed by atoms with E-state index in [1.54, 1.807) is 7.05 Å². The summed E-state index contributed by atoms with van der Waals surface area (Å²) in [6.45, 7) is 5.83. The molecule has 0 aromatic carbocycles. The molecule has 1 heterocycles. The molecule has 6 heteroatoms. The second-order valence-electron chi connectivity index (χ2n) is 3.96. The first-order chi connectivity index (χ1) is 8.25. The van der Waals surface area contributed by atoms with Crippen molar-refractivity contribution in [3.05, 3.63) is 16.8 Å². The van der Waals surface area contributed by atoms with Crippen molar-refractivity contribution in [3.63, 3.8) is 0 Å². The van der Waals surface area contributed by atoms with Gasteiger partial charge in [0.25, 0.3) is 0 Å². The van der Waals surface area contributed by atoms with E-state index in [0.29, 0.717) is 6.54 Å². The third kappa shape index (κ3) is 5.14. The van der Waals surface area contributed by atoms with E-state index in [2.05, 4.69) is 17.3 Å². The lowest BCUT2D eigenvalue weighted by Gasteiger charge is -2.05. The molecule has 6 nitrogen and oxygen atoms in total. The fourth-order valence-corrected chi connectivity index (χ4v) is 1.38. The van der Waals surface area contributed by atoms with Gasteiger partial charge in [0.2, 0.25) is 0 Å². The maximum atomic E-state index is 11.4. The number of rotatable bonds is 9. The molecule has 0 atom stereocenters. The highest BCUT2D eigenvalue weighted by Gasteiger charge is 1.99. The van der Waals surface area contributed by atoms with E-state index >= 15 is 0 Å². The second kappa shape index (κ2) is 8.03. The Morgan fingerprint density at radius 3 is 2.88 bits per heavy atom. The van der Waals surface area contributed by atoms with Crippen LogP contribution in [0.4, 0.5) is 0 Å². The van der Waals surface area contributed by atoms with Gasteiger partial charge in [0.15, 0.2) is 0 Å². The van der Waals surface area contributed by atoms with Gasteiger partial charge >= 0.3 is 5.69 Å². The molecule has 0 aliphatic rings. The molecule has 0 saturated carbocycles. The van der Waals surface area contributed by atoms with Crippen molar-refractivity contribution in [2.45, 2.75) is 26.3 Å². The normalized spacial score (nSPS) is 10.9. The smallest absolute Gasteiger partial charge is 0.345 e. The van der Waals surface area contributed by atoms with Crippen LogP contribution in [0.5, 0.6) is 0 Å². The summed E-state index contributed by atoms with van der Waals surface area (Å²) < 4.78 is 8.32. The molecule has 0 unspecified atom stereocenters. The summed E-state index contributed by atoms with van der Waals surface area (Å²) >= 11 is 0. The number of ether oxygens (including phenoxy) is 1. The van der Waals surface area contributed by atoms with Crippen LogP contribution in [0.25, 0.3) is 0 Å². The molecule has 1 aromatic heterocycles. The average molecular weight is 242 g/mol. The molecule has 1 aromatic rings. The van der Waals surface area contributed by atoms with Crippen LogP contribution in [-0.2, 0) is 18.3 Å². The molecule has 0 saturated heterocycles. The van der Waals surface area contributed by atoms with Crippen LogP contribution >= 0.6 is 0 Å².